The topological polar surface area (TPSA) is 48.9 Å². The van der Waals surface area contributed by atoms with E-state index in [-0.39, 0.29) is 11.6 Å². The quantitative estimate of drug-likeness (QED) is 0.538. The Morgan fingerprint density at radius 2 is 1.48 bits per heavy atom. The predicted molar refractivity (Wildman–Crippen MR) is 96.5 cm³/mol. The number of hydrogen-bond acceptors (Lipinski definition) is 2. The van der Waals surface area contributed by atoms with Crippen molar-refractivity contribution in [3.63, 3.8) is 0 Å². The van der Waals surface area contributed by atoms with E-state index in [1.54, 1.807) is 30.3 Å². The molecule has 2 N–H and O–H groups in total. The number of hydrogen-bond donors (Lipinski definition) is 2. The van der Waals surface area contributed by atoms with Crippen LogP contribution in [-0.4, -0.2) is 15.1 Å². The predicted octanol–water partition coefficient (Wildman–Crippen LogP) is 5.26. The Kier molecular flexibility index (Phi) is 3.78. The average molecular weight is 330 g/mol. The third kappa shape index (κ3) is 3.02. The van der Waals surface area contributed by atoms with Gasteiger partial charge in [-0.2, -0.15) is 0 Å². The second-order valence-electron chi connectivity index (χ2n) is 5.73. The van der Waals surface area contributed by atoms with Crippen LogP contribution in [0.3, 0.4) is 0 Å². The van der Waals surface area contributed by atoms with Crippen LogP contribution in [0.2, 0.25) is 0 Å². The van der Waals surface area contributed by atoms with Crippen molar-refractivity contribution in [2.24, 2.45) is 0 Å². The normalized spacial score (nSPS) is 10.8. The summed E-state index contributed by atoms with van der Waals surface area (Å²) in [6.45, 7) is 0. The van der Waals surface area contributed by atoms with Gasteiger partial charge in [-0.3, -0.25) is 0 Å². The van der Waals surface area contributed by atoms with Gasteiger partial charge in [-0.1, -0.05) is 42.5 Å². The lowest BCUT2D eigenvalue weighted by atomic mass is 10.1. The second kappa shape index (κ2) is 6.24. The highest BCUT2D eigenvalue weighted by Crippen LogP contribution is 2.33. The highest BCUT2D eigenvalue weighted by molar-refractivity contribution is 5.81. The average Bonchev–Trinajstić information content (AvgIpc) is 3.08. The standard InChI is InChI=1S/C21H15FN2O/c22-17-11-9-15(10-12-17)20-19(14-5-2-1-3-6-14)23-21(24-20)16-7-4-8-18(25)13-16/h1-13,25H,(H,23,24). The Bertz CT molecular complexity index is 1010. The molecule has 3 nitrogen and oxygen atoms in total. The smallest absolute Gasteiger partial charge is 0.138 e. The number of nitrogens with one attached hydrogen (secondary N) is 1. The van der Waals surface area contributed by atoms with E-state index < -0.39 is 0 Å². The molecule has 122 valence electrons. The van der Waals surface area contributed by atoms with Crippen LogP contribution in [0, 0.1) is 5.82 Å². The maximum Gasteiger partial charge on any atom is 0.138 e. The van der Waals surface area contributed by atoms with E-state index in [4.69, 9.17) is 4.98 Å². The van der Waals surface area contributed by atoms with Crippen molar-refractivity contribution in [2.75, 3.05) is 0 Å². The largest absolute Gasteiger partial charge is 0.508 e. The van der Waals surface area contributed by atoms with E-state index in [1.165, 1.54) is 12.1 Å². The maximum atomic E-state index is 13.3. The first-order valence-electron chi connectivity index (χ1n) is 7.91. The summed E-state index contributed by atoms with van der Waals surface area (Å²) in [6, 6.07) is 23.0. The number of aromatic nitrogens is 2. The molecule has 3 aromatic carbocycles. The second-order valence-corrected chi connectivity index (χ2v) is 5.73. The molecular formula is C21H15FN2O. The van der Waals surface area contributed by atoms with Crippen molar-refractivity contribution in [3.8, 4) is 39.7 Å². The zero-order valence-corrected chi connectivity index (χ0v) is 13.3. The molecule has 0 unspecified atom stereocenters. The SMILES string of the molecule is Oc1cccc(-c2nc(-c3ccccc3)c(-c3ccc(F)cc3)[nH]2)c1. The minimum absolute atomic E-state index is 0.179. The van der Waals surface area contributed by atoms with Gasteiger partial charge < -0.3 is 10.1 Å². The van der Waals surface area contributed by atoms with E-state index >= 15 is 0 Å². The van der Waals surface area contributed by atoms with Gasteiger partial charge in [-0.15, -0.1) is 0 Å². The zero-order valence-electron chi connectivity index (χ0n) is 13.3. The fraction of sp³-hybridized carbons (Fsp3) is 0. The Hall–Kier alpha value is -3.40. The van der Waals surface area contributed by atoms with E-state index in [9.17, 15) is 9.50 Å². The van der Waals surface area contributed by atoms with Crippen LogP contribution in [0.1, 0.15) is 0 Å². The number of H-pyrrole nitrogens is 1. The van der Waals surface area contributed by atoms with Crippen molar-refractivity contribution in [1.29, 1.82) is 0 Å². The van der Waals surface area contributed by atoms with Crippen molar-refractivity contribution in [1.82, 2.24) is 9.97 Å². The maximum absolute atomic E-state index is 13.3. The van der Waals surface area contributed by atoms with Crippen molar-refractivity contribution in [2.45, 2.75) is 0 Å². The summed E-state index contributed by atoms with van der Waals surface area (Å²) < 4.78 is 13.3. The molecule has 4 aromatic rings. The van der Waals surface area contributed by atoms with Crippen LogP contribution < -0.4 is 0 Å². The molecule has 0 radical (unpaired) electrons. The summed E-state index contributed by atoms with van der Waals surface area (Å²) in [5, 5.41) is 9.73. The first kappa shape index (κ1) is 15.1. The Labute approximate surface area is 144 Å². The lowest BCUT2D eigenvalue weighted by Crippen LogP contribution is -1.84. The number of aromatic hydroxyl groups is 1. The third-order valence-corrected chi connectivity index (χ3v) is 4.00. The van der Waals surface area contributed by atoms with Crippen LogP contribution in [0.5, 0.6) is 5.75 Å². The lowest BCUT2D eigenvalue weighted by molar-refractivity contribution is 0.475. The van der Waals surface area contributed by atoms with Crippen LogP contribution in [0.15, 0.2) is 78.9 Å². The van der Waals surface area contributed by atoms with Gasteiger partial charge in [-0.25, -0.2) is 9.37 Å². The van der Waals surface area contributed by atoms with E-state index in [0.29, 0.717) is 5.82 Å². The molecule has 0 bridgehead atoms. The first-order valence-corrected chi connectivity index (χ1v) is 7.91. The molecule has 0 aliphatic heterocycles. The number of phenols is 1. The molecule has 0 aliphatic rings. The molecule has 1 heterocycles. The number of aromatic amines is 1. The van der Waals surface area contributed by atoms with Crippen molar-refractivity contribution < 1.29 is 9.50 Å². The number of nitrogens with zero attached hydrogens (tertiary/aromatic N) is 1. The number of imidazole rings is 1. The fourth-order valence-electron chi connectivity index (χ4n) is 2.79. The van der Waals surface area contributed by atoms with Gasteiger partial charge in [-0.05, 0) is 36.4 Å². The first-order chi connectivity index (χ1) is 12.2. The molecule has 0 saturated carbocycles. The number of halogens is 1. The van der Waals surface area contributed by atoms with E-state index in [0.717, 1.165) is 28.1 Å². The van der Waals surface area contributed by atoms with Crippen molar-refractivity contribution in [3.05, 3.63) is 84.7 Å². The van der Waals surface area contributed by atoms with Gasteiger partial charge in [0, 0.05) is 16.7 Å². The molecule has 25 heavy (non-hydrogen) atoms. The molecule has 0 amide bonds. The molecule has 1 aromatic heterocycles. The molecule has 0 atom stereocenters. The van der Waals surface area contributed by atoms with Gasteiger partial charge in [0.2, 0.25) is 0 Å². The molecule has 0 saturated heterocycles. The van der Waals surface area contributed by atoms with Crippen LogP contribution >= 0.6 is 0 Å². The summed E-state index contributed by atoms with van der Waals surface area (Å²) in [6.07, 6.45) is 0. The monoisotopic (exact) mass is 330 g/mol. The fourth-order valence-corrected chi connectivity index (χ4v) is 2.79. The molecule has 4 heteroatoms. The minimum atomic E-state index is -0.280. The Morgan fingerprint density at radius 1 is 0.760 bits per heavy atom. The summed E-state index contributed by atoms with van der Waals surface area (Å²) in [5.74, 6) is 0.547. The third-order valence-electron chi connectivity index (χ3n) is 4.00. The summed E-state index contributed by atoms with van der Waals surface area (Å²) in [5.41, 5.74) is 4.18. The number of rotatable bonds is 3. The molecular weight excluding hydrogens is 315 g/mol. The van der Waals surface area contributed by atoms with Gasteiger partial charge in [0.1, 0.15) is 17.4 Å². The number of phenolic OH excluding ortho intramolecular Hbond substituents is 1. The molecule has 0 spiro atoms. The zero-order chi connectivity index (χ0) is 17.2. The van der Waals surface area contributed by atoms with Gasteiger partial charge in [0.15, 0.2) is 0 Å². The van der Waals surface area contributed by atoms with Crippen LogP contribution in [0.4, 0.5) is 4.39 Å². The number of benzene rings is 3. The van der Waals surface area contributed by atoms with Crippen LogP contribution in [0.25, 0.3) is 33.9 Å². The highest BCUT2D eigenvalue weighted by atomic mass is 19.1. The highest BCUT2D eigenvalue weighted by Gasteiger charge is 2.15. The van der Waals surface area contributed by atoms with Crippen molar-refractivity contribution >= 4 is 0 Å². The summed E-state index contributed by atoms with van der Waals surface area (Å²) in [7, 11) is 0. The minimum Gasteiger partial charge on any atom is -0.508 e. The van der Waals surface area contributed by atoms with E-state index in [2.05, 4.69) is 4.98 Å². The van der Waals surface area contributed by atoms with Crippen LogP contribution in [-0.2, 0) is 0 Å². The van der Waals surface area contributed by atoms with E-state index in [1.807, 2.05) is 36.4 Å². The summed E-state index contributed by atoms with van der Waals surface area (Å²) >= 11 is 0. The lowest BCUT2D eigenvalue weighted by Gasteiger charge is -2.03. The molecule has 4 rings (SSSR count). The Morgan fingerprint density at radius 3 is 2.20 bits per heavy atom. The summed E-state index contributed by atoms with van der Waals surface area (Å²) in [4.78, 5) is 8.05. The molecule has 0 aliphatic carbocycles. The van der Waals surface area contributed by atoms with Gasteiger partial charge >= 0.3 is 0 Å². The van der Waals surface area contributed by atoms with Gasteiger partial charge in [0.05, 0.1) is 11.4 Å². The van der Waals surface area contributed by atoms with Gasteiger partial charge in [0.25, 0.3) is 0 Å². The Balaban J connectivity index is 1.90. The molecule has 0 fully saturated rings.